The van der Waals surface area contributed by atoms with Crippen molar-refractivity contribution in [2.45, 2.75) is 19.6 Å². The number of nitrogens with zero attached hydrogens (tertiary/aromatic N) is 3. The number of amides is 1. The first-order chi connectivity index (χ1) is 10.4. The van der Waals surface area contributed by atoms with Crippen molar-refractivity contribution < 1.29 is 22.7 Å². The molecule has 0 aliphatic rings. The highest BCUT2D eigenvalue weighted by molar-refractivity contribution is 5.90. The summed E-state index contributed by atoms with van der Waals surface area (Å²) in [5.41, 5.74) is -0.837. The number of alkyl halides is 3. The van der Waals surface area contributed by atoms with E-state index in [9.17, 15) is 18.0 Å². The molecule has 0 saturated heterocycles. The maximum atomic E-state index is 12.5. The fraction of sp³-hybridized carbons (Fsp3) is 0.308. The first-order valence-electron chi connectivity index (χ1n) is 6.38. The summed E-state index contributed by atoms with van der Waals surface area (Å²) in [5, 5.41) is 9.80. The SMILES string of the molecule is CCn1cnnc1NC(=O)COc1cccc(C(F)(F)F)c1. The molecule has 1 heterocycles. The molecular weight excluding hydrogens is 301 g/mol. The van der Waals surface area contributed by atoms with Crippen molar-refractivity contribution in [3.8, 4) is 5.75 Å². The first-order valence-corrected chi connectivity index (χ1v) is 6.38. The van der Waals surface area contributed by atoms with Gasteiger partial charge in [0.05, 0.1) is 5.56 Å². The number of aromatic nitrogens is 3. The fourth-order valence-electron chi connectivity index (χ4n) is 1.66. The molecule has 0 atom stereocenters. The lowest BCUT2D eigenvalue weighted by atomic mass is 10.2. The van der Waals surface area contributed by atoms with E-state index in [1.54, 1.807) is 4.57 Å². The minimum Gasteiger partial charge on any atom is -0.484 e. The van der Waals surface area contributed by atoms with E-state index in [1.165, 1.54) is 18.5 Å². The van der Waals surface area contributed by atoms with E-state index in [-0.39, 0.29) is 11.7 Å². The van der Waals surface area contributed by atoms with Gasteiger partial charge >= 0.3 is 6.18 Å². The molecule has 0 saturated carbocycles. The summed E-state index contributed by atoms with van der Waals surface area (Å²) < 4.78 is 44.3. The van der Waals surface area contributed by atoms with Crippen molar-refractivity contribution in [1.82, 2.24) is 14.8 Å². The number of carbonyl (C=O) groups is 1. The van der Waals surface area contributed by atoms with Crippen LogP contribution >= 0.6 is 0 Å². The quantitative estimate of drug-likeness (QED) is 0.919. The summed E-state index contributed by atoms with van der Waals surface area (Å²) in [5.74, 6) is -0.331. The Bertz CT molecular complexity index is 655. The van der Waals surface area contributed by atoms with Gasteiger partial charge in [0.1, 0.15) is 12.1 Å². The van der Waals surface area contributed by atoms with Gasteiger partial charge in [-0.05, 0) is 25.1 Å². The van der Waals surface area contributed by atoms with Gasteiger partial charge < -0.3 is 4.74 Å². The number of aryl methyl sites for hydroxylation is 1. The van der Waals surface area contributed by atoms with Crippen molar-refractivity contribution >= 4 is 11.9 Å². The molecule has 2 aromatic rings. The number of carbonyl (C=O) groups excluding carboxylic acids is 1. The number of benzene rings is 1. The maximum absolute atomic E-state index is 12.5. The van der Waals surface area contributed by atoms with Gasteiger partial charge in [0.15, 0.2) is 6.61 Å². The van der Waals surface area contributed by atoms with Gasteiger partial charge in [-0.1, -0.05) is 6.07 Å². The predicted molar refractivity (Wildman–Crippen MR) is 71.3 cm³/mol. The average molecular weight is 314 g/mol. The Hall–Kier alpha value is -2.58. The lowest BCUT2D eigenvalue weighted by Crippen LogP contribution is -2.22. The van der Waals surface area contributed by atoms with Crippen molar-refractivity contribution in [2.24, 2.45) is 0 Å². The van der Waals surface area contributed by atoms with E-state index in [0.717, 1.165) is 12.1 Å². The predicted octanol–water partition coefficient (Wildman–Crippen LogP) is 2.33. The van der Waals surface area contributed by atoms with E-state index in [0.29, 0.717) is 6.54 Å². The Morgan fingerprint density at radius 3 is 2.86 bits per heavy atom. The second-order valence-electron chi connectivity index (χ2n) is 4.30. The van der Waals surface area contributed by atoms with Crippen LogP contribution in [0.15, 0.2) is 30.6 Å². The number of anilines is 1. The van der Waals surface area contributed by atoms with Crippen molar-refractivity contribution in [3.05, 3.63) is 36.2 Å². The van der Waals surface area contributed by atoms with Crippen LogP contribution in [0, 0.1) is 0 Å². The van der Waals surface area contributed by atoms with Crippen LogP contribution in [0.5, 0.6) is 5.75 Å². The molecule has 22 heavy (non-hydrogen) atoms. The molecule has 1 amide bonds. The molecule has 0 fully saturated rings. The molecule has 0 radical (unpaired) electrons. The smallest absolute Gasteiger partial charge is 0.416 e. The molecule has 0 spiro atoms. The van der Waals surface area contributed by atoms with Crippen LogP contribution in [0.3, 0.4) is 0 Å². The van der Waals surface area contributed by atoms with Gasteiger partial charge in [-0.25, -0.2) is 0 Å². The summed E-state index contributed by atoms with van der Waals surface area (Å²) in [7, 11) is 0. The lowest BCUT2D eigenvalue weighted by Gasteiger charge is -2.10. The van der Waals surface area contributed by atoms with Crippen molar-refractivity contribution in [2.75, 3.05) is 11.9 Å². The van der Waals surface area contributed by atoms with Crippen LogP contribution in [-0.4, -0.2) is 27.3 Å². The lowest BCUT2D eigenvalue weighted by molar-refractivity contribution is -0.137. The maximum Gasteiger partial charge on any atom is 0.416 e. The van der Waals surface area contributed by atoms with Gasteiger partial charge in [-0.15, -0.1) is 10.2 Å². The standard InChI is InChI=1S/C13H13F3N4O2/c1-2-20-8-17-19-12(20)18-11(21)7-22-10-5-3-4-9(6-10)13(14,15)16/h3-6,8H,2,7H2,1H3,(H,18,19,21). The summed E-state index contributed by atoms with van der Waals surface area (Å²) in [4.78, 5) is 11.7. The van der Waals surface area contributed by atoms with E-state index in [1.807, 2.05) is 6.92 Å². The molecule has 0 aliphatic carbocycles. The number of nitrogens with one attached hydrogen (secondary N) is 1. The Kier molecular flexibility index (Phi) is 4.64. The Morgan fingerprint density at radius 2 is 2.18 bits per heavy atom. The third-order valence-corrected chi connectivity index (χ3v) is 2.74. The van der Waals surface area contributed by atoms with E-state index in [4.69, 9.17) is 4.74 Å². The fourth-order valence-corrected chi connectivity index (χ4v) is 1.66. The molecular formula is C13H13F3N4O2. The van der Waals surface area contributed by atoms with E-state index >= 15 is 0 Å². The summed E-state index contributed by atoms with van der Waals surface area (Å²) in [6.07, 6.45) is -3.01. The van der Waals surface area contributed by atoms with Crippen LogP contribution < -0.4 is 10.1 Å². The summed E-state index contributed by atoms with van der Waals surface area (Å²) in [6, 6.07) is 4.32. The highest BCUT2D eigenvalue weighted by Crippen LogP contribution is 2.31. The van der Waals surface area contributed by atoms with E-state index in [2.05, 4.69) is 15.5 Å². The molecule has 0 bridgehead atoms. The zero-order chi connectivity index (χ0) is 16.2. The number of hydrogen-bond donors (Lipinski definition) is 1. The monoisotopic (exact) mass is 314 g/mol. The number of rotatable bonds is 5. The normalized spacial score (nSPS) is 11.3. The van der Waals surface area contributed by atoms with Crippen molar-refractivity contribution in [3.63, 3.8) is 0 Å². The Morgan fingerprint density at radius 1 is 1.41 bits per heavy atom. The highest BCUT2D eigenvalue weighted by atomic mass is 19.4. The van der Waals surface area contributed by atoms with Gasteiger partial charge in [0.25, 0.3) is 5.91 Å². The zero-order valence-corrected chi connectivity index (χ0v) is 11.6. The molecule has 0 aliphatic heterocycles. The average Bonchev–Trinajstić information content (AvgIpc) is 2.91. The van der Waals surface area contributed by atoms with E-state index < -0.39 is 24.3 Å². The van der Waals surface area contributed by atoms with Crippen LogP contribution in [-0.2, 0) is 17.5 Å². The second-order valence-corrected chi connectivity index (χ2v) is 4.30. The topological polar surface area (TPSA) is 69.0 Å². The Labute approximate surface area is 123 Å². The second kappa shape index (κ2) is 6.46. The van der Waals surface area contributed by atoms with Crippen molar-refractivity contribution in [1.29, 1.82) is 0 Å². The zero-order valence-electron chi connectivity index (χ0n) is 11.6. The number of hydrogen-bond acceptors (Lipinski definition) is 4. The molecule has 1 aromatic carbocycles. The minimum atomic E-state index is -4.46. The number of halogens is 3. The first kappa shape index (κ1) is 15.8. The van der Waals surface area contributed by atoms with Gasteiger partial charge in [0, 0.05) is 6.54 Å². The molecule has 2 rings (SSSR count). The highest BCUT2D eigenvalue weighted by Gasteiger charge is 2.30. The van der Waals surface area contributed by atoms with Gasteiger partial charge in [0.2, 0.25) is 5.95 Å². The largest absolute Gasteiger partial charge is 0.484 e. The molecule has 0 unspecified atom stereocenters. The summed E-state index contributed by atoms with van der Waals surface area (Å²) >= 11 is 0. The van der Waals surface area contributed by atoms with Crippen LogP contribution in [0.4, 0.5) is 19.1 Å². The molecule has 1 N–H and O–H groups in total. The Balaban J connectivity index is 1.94. The van der Waals surface area contributed by atoms with Gasteiger partial charge in [-0.2, -0.15) is 13.2 Å². The van der Waals surface area contributed by atoms with Crippen LogP contribution in [0.1, 0.15) is 12.5 Å². The molecule has 9 heteroatoms. The van der Waals surface area contributed by atoms with Crippen LogP contribution in [0.25, 0.3) is 0 Å². The van der Waals surface area contributed by atoms with Crippen LogP contribution in [0.2, 0.25) is 0 Å². The summed E-state index contributed by atoms with van der Waals surface area (Å²) in [6.45, 7) is 1.98. The minimum absolute atomic E-state index is 0.0399. The number of ether oxygens (including phenoxy) is 1. The molecule has 1 aromatic heterocycles. The van der Waals surface area contributed by atoms with Gasteiger partial charge in [-0.3, -0.25) is 14.7 Å². The molecule has 118 valence electrons. The third-order valence-electron chi connectivity index (χ3n) is 2.74. The third kappa shape index (κ3) is 3.96. The molecule has 6 nitrogen and oxygen atoms in total.